The first-order valence-electron chi connectivity index (χ1n) is 15.1. The number of carboxylic acids is 3. The second-order valence-electron chi connectivity index (χ2n) is 9.40. The summed E-state index contributed by atoms with van der Waals surface area (Å²) in [5.41, 5.74) is 0. The molecule has 0 aromatic carbocycles. The van der Waals surface area contributed by atoms with Gasteiger partial charge in [-0.25, -0.2) is 0 Å². The summed E-state index contributed by atoms with van der Waals surface area (Å²) in [4.78, 5) is 101. The summed E-state index contributed by atoms with van der Waals surface area (Å²) in [6.45, 7) is 5.13. The first-order valence-corrected chi connectivity index (χ1v) is 26.7. The van der Waals surface area contributed by atoms with Gasteiger partial charge in [0.15, 0.2) is 0 Å². The normalized spacial score (nSPS) is 17.1. The second kappa shape index (κ2) is 50.5. The first kappa shape index (κ1) is 76.2. The molecule has 3 aliphatic rings. The number of aliphatic carboxylic acids is 3. The van der Waals surface area contributed by atoms with Crippen molar-refractivity contribution < 1.29 is 108 Å². The number of hydrogen-bond acceptors (Lipinski definition) is 17. The van der Waals surface area contributed by atoms with E-state index >= 15 is 0 Å². The zero-order valence-electron chi connectivity index (χ0n) is 31.3. The summed E-state index contributed by atoms with van der Waals surface area (Å²) in [6.07, 6.45) is 10.3. The van der Waals surface area contributed by atoms with Crippen molar-refractivity contribution >= 4 is 205 Å². The molecule has 6 unspecified atom stereocenters. The molecule has 0 saturated carbocycles. The zero-order valence-corrected chi connectivity index (χ0v) is 52.1. The molecule has 3 heterocycles. The van der Waals surface area contributed by atoms with Gasteiger partial charge in [0.1, 0.15) is 0 Å². The van der Waals surface area contributed by atoms with Gasteiger partial charge in [-0.1, -0.05) is 14.4 Å². The monoisotopic (exact) mass is 2030 g/mol. The van der Waals surface area contributed by atoms with Crippen LogP contribution in [0.2, 0.25) is 14.3 Å². The Hall–Kier alpha value is -0.123. The van der Waals surface area contributed by atoms with Gasteiger partial charge < -0.3 is 15.3 Å². The Balaban J connectivity index is -0.0000000850. The molecule has 22 nitrogen and oxygen atoms in total. The van der Waals surface area contributed by atoms with E-state index in [1.165, 1.54) is 13.5 Å². The van der Waals surface area contributed by atoms with E-state index < -0.39 is 40.8 Å². The average Bonchev–Trinajstić information content (AvgIpc) is 3.86. The number of cyclic esters (lactones) is 4. The van der Waals surface area contributed by atoms with Crippen molar-refractivity contribution in [1.29, 1.82) is 0 Å². The number of aliphatic hydroxyl groups excluding tert-OH is 2. The molecule has 0 bridgehead atoms. The van der Waals surface area contributed by atoms with Crippen LogP contribution >= 0.6 is 0 Å². The van der Waals surface area contributed by atoms with Crippen molar-refractivity contribution in [3.05, 3.63) is 0 Å². The molecule has 3 aliphatic heterocycles. The number of esters is 5. The van der Waals surface area contributed by atoms with Crippen molar-refractivity contribution in [2.45, 2.75) is 86.3 Å². The van der Waals surface area contributed by atoms with Crippen molar-refractivity contribution in [3.63, 3.8) is 0 Å². The third-order valence-corrected chi connectivity index (χ3v) is 11.6. The van der Waals surface area contributed by atoms with Crippen LogP contribution in [0.15, 0.2) is 0 Å². The van der Waals surface area contributed by atoms with E-state index in [9.17, 15) is 43.2 Å². The van der Waals surface area contributed by atoms with Crippen LogP contribution in [-0.4, -0.2) is 281 Å². The summed E-state index contributed by atoms with van der Waals surface area (Å²) >= 11 is 4.11. The molecular formula is C31H54O22Po6. The van der Waals surface area contributed by atoms with Crippen LogP contribution in [0.25, 0.3) is 0 Å². The number of terminal acetylenes is 1. The van der Waals surface area contributed by atoms with Gasteiger partial charge in [-0.15, -0.1) is 12.8 Å². The third-order valence-electron chi connectivity index (χ3n) is 4.95. The molecular weight excluding hydrogens is 1980 g/mol. The molecule has 0 radical (unpaired) electrons. The van der Waals surface area contributed by atoms with Gasteiger partial charge in [-0.2, -0.15) is 0 Å². The standard InChI is InChI=1S/C5H7O4.C5H9O3.C4H5O4.2C4H3O3.C4H8O.C2H2.CHO2.CH4O.CH4.H2O.6Po.6H/c1-9-5(8)3-2-4(6)7;1-2-5(7)3-8-4-6;5-3(6)1-2-4(7)8;2*5-3-1-2-4(6)7-3;1-2-4-3-5-4;1-2;2-1-3;1-2;;;;;;;;;;;;;;/h2H,3H2,1H3,(H,6,7);5,7H,2-3H2,1H3;1H,2H2,(H,5,6)(H,7,8);2*1H,2H2;4H,2-3H2,1H3;1-2H;(H,2,3);2H,1H3;1H4;1H2;;;;;;;;;;;;. The third kappa shape index (κ3) is 62.3. The van der Waals surface area contributed by atoms with E-state index in [1.54, 1.807) is 0 Å². The fraction of sp³-hybridized carbons (Fsp3) is 0.613. The molecule has 0 spiro atoms. The van der Waals surface area contributed by atoms with E-state index in [2.05, 4.69) is 38.7 Å². The minimum absolute atomic E-state index is 0. The Labute approximate surface area is 434 Å². The number of carbonyl (C=O) groups is 10. The number of rotatable bonds is 10. The molecule has 3 rings (SSSR count). The number of ether oxygens (including phenoxy) is 5. The fourth-order valence-electron chi connectivity index (χ4n) is 2.10. The Morgan fingerprint density at radius 2 is 1.14 bits per heavy atom. The van der Waals surface area contributed by atoms with E-state index in [1.807, 2.05) is 6.92 Å². The minimum atomic E-state index is -1.05. The van der Waals surface area contributed by atoms with Crippen molar-refractivity contribution in [2.75, 3.05) is 27.4 Å². The van der Waals surface area contributed by atoms with Crippen LogP contribution in [0.4, 0.5) is 9.59 Å². The maximum atomic E-state index is 10.5. The van der Waals surface area contributed by atoms with Crippen LogP contribution in [0.3, 0.4) is 0 Å². The van der Waals surface area contributed by atoms with Gasteiger partial charge in [0.2, 0.25) is 0 Å². The number of methoxy groups -OCH3 is 1. The van der Waals surface area contributed by atoms with E-state index in [0.29, 0.717) is 126 Å². The van der Waals surface area contributed by atoms with Crippen LogP contribution in [0, 0.1) is 12.8 Å². The summed E-state index contributed by atoms with van der Waals surface area (Å²) in [5, 5.41) is 47.9. The number of aliphatic hydroxyl groups is 2. The quantitative estimate of drug-likeness (QED) is 0.0410. The number of carbonyl (C=O) groups excluding carboxylic acids is 6. The molecule has 0 aromatic rings. The van der Waals surface area contributed by atoms with Gasteiger partial charge >= 0.3 is 371 Å². The van der Waals surface area contributed by atoms with Crippen LogP contribution in [0.5, 0.6) is 0 Å². The Kier molecular flexibility index (Phi) is 65.2. The molecule has 8 N–H and O–H groups in total. The van der Waals surface area contributed by atoms with Crippen molar-refractivity contribution in [3.8, 4) is 12.8 Å². The topological polar surface area (TPSA) is 373 Å². The van der Waals surface area contributed by atoms with E-state index in [4.69, 9.17) is 40.2 Å². The number of carboxylic acid groups (broad SMARTS) is 4. The SMILES string of the molecule is C.C#C.CCC(O)CO[C](=O)[PoH].CCC1CO1.CO.COC(=O)C[CH]([PoH])C(=O)O.O.O=C(O)C[CH]([PoH])C(=O)O.O=C1C[CH]([PoH])C(=O)O1.O=C1C[CH]([PoH])C(=O)O1.O=[C](O)[PoH]. The fourth-order valence-corrected chi connectivity index (χ4v) is 5.14. The van der Waals surface area contributed by atoms with Gasteiger partial charge in [-0.05, 0) is 6.42 Å². The Bertz CT molecular complexity index is 1230. The van der Waals surface area contributed by atoms with E-state index in [0.717, 1.165) is 63.8 Å². The molecule has 6 atom stereocenters. The van der Waals surface area contributed by atoms with Crippen LogP contribution < -0.4 is 0 Å². The average molecular weight is 2030 g/mol. The predicted molar refractivity (Wildman–Crippen MR) is 218 cm³/mol. The molecule has 3 fully saturated rings. The molecule has 59 heavy (non-hydrogen) atoms. The molecule has 0 aromatic heterocycles. The summed E-state index contributed by atoms with van der Waals surface area (Å²) in [5.74, 6) is -4.90. The van der Waals surface area contributed by atoms with Crippen LogP contribution in [0.1, 0.15) is 59.8 Å². The predicted octanol–water partition coefficient (Wildman–Crippen LogP) is -3.32. The maximum absolute atomic E-state index is 10.5. The summed E-state index contributed by atoms with van der Waals surface area (Å²) < 4.78 is 19.7. The first-order chi connectivity index (χ1) is 26.3. The molecule has 0 aliphatic carbocycles. The second-order valence-corrected chi connectivity index (χ2v) is 22.0. The molecule has 28 heteroatoms. The Morgan fingerprint density at radius 1 is 0.797 bits per heavy atom. The molecule has 346 valence electrons. The summed E-state index contributed by atoms with van der Waals surface area (Å²) in [6, 6.07) is 0. The van der Waals surface area contributed by atoms with Gasteiger partial charge in [0.05, 0.1) is 12.7 Å². The van der Waals surface area contributed by atoms with Gasteiger partial charge in [-0.3, -0.25) is 0 Å². The Morgan fingerprint density at radius 3 is 1.27 bits per heavy atom. The van der Waals surface area contributed by atoms with Gasteiger partial charge in [0.25, 0.3) is 0 Å². The molecule has 3 saturated heterocycles. The van der Waals surface area contributed by atoms with Crippen LogP contribution in [-0.2, 0) is 62.0 Å². The molecule has 0 amide bonds. The van der Waals surface area contributed by atoms with Crippen molar-refractivity contribution in [1.82, 2.24) is 0 Å². The number of epoxide rings is 1. The summed E-state index contributed by atoms with van der Waals surface area (Å²) in [7, 11) is 2.25. The number of hydrogen-bond donors (Lipinski definition) is 6. The van der Waals surface area contributed by atoms with E-state index in [-0.39, 0.29) is 67.0 Å². The van der Waals surface area contributed by atoms with Gasteiger partial charge in [0, 0.05) is 7.11 Å². The van der Waals surface area contributed by atoms with Crippen molar-refractivity contribution in [2.24, 2.45) is 0 Å². The zero-order chi connectivity index (χ0) is 46.4.